The maximum absolute atomic E-state index is 5.75. The van der Waals surface area contributed by atoms with Crippen LogP contribution in [0.25, 0.3) is 0 Å². The van der Waals surface area contributed by atoms with Gasteiger partial charge in [-0.15, -0.1) is 11.6 Å². The van der Waals surface area contributed by atoms with Gasteiger partial charge in [-0.3, -0.25) is 0 Å². The lowest BCUT2D eigenvalue weighted by Crippen LogP contribution is -2.39. The lowest BCUT2D eigenvalue weighted by molar-refractivity contribution is 0.376. The highest BCUT2D eigenvalue weighted by atomic mass is 79.9. The third kappa shape index (κ3) is 4.54. The average Bonchev–Trinajstić information content (AvgIpc) is 2.16. The van der Waals surface area contributed by atoms with E-state index in [1.54, 1.807) is 0 Å². The van der Waals surface area contributed by atoms with Crippen LogP contribution >= 0.6 is 27.5 Å². The molecule has 0 aliphatic heterocycles. The largest absolute Gasteiger partial charge is 0.308 e. The molecule has 0 radical (unpaired) electrons. The van der Waals surface area contributed by atoms with Crippen molar-refractivity contribution in [2.45, 2.75) is 32.4 Å². The molecule has 0 aliphatic carbocycles. The number of rotatable bonds is 5. The Morgan fingerprint density at radius 1 is 1.33 bits per heavy atom. The van der Waals surface area contributed by atoms with E-state index in [0.29, 0.717) is 5.88 Å². The molecule has 0 aliphatic rings. The molecule has 0 saturated carbocycles. The van der Waals surface area contributed by atoms with E-state index in [-0.39, 0.29) is 5.54 Å². The first-order valence-corrected chi connectivity index (χ1v) is 6.42. The van der Waals surface area contributed by atoms with Crippen molar-refractivity contribution in [3.05, 3.63) is 34.3 Å². The summed E-state index contributed by atoms with van der Waals surface area (Å²) in [7, 11) is 0. The van der Waals surface area contributed by atoms with E-state index in [9.17, 15) is 0 Å². The van der Waals surface area contributed by atoms with Crippen LogP contribution < -0.4 is 5.32 Å². The lowest BCUT2D eigenvalue weighted by Gasteiger charge is -2.25. The number of nitrogens with one attached hydrogen (secondary N) is 1. The van der Waals surface area contributed by atoms with Crippen molar-refractivity contribution in [1.82, 2.24) is 5.32 Å². The summed E-state index contributed by atoms with van der Waals surface area (Å²) in [5.74, 6) is 0.690. The minimum absolute atomic E-state index is 0.0943. The molecule has 0 bridgehead atoms. The average molecular weight is 291 g/mol. The van der Waals surface area contributed by atoms with E-state index in [2.05, 4.69) is 53.3 Å². The SMILES string of the molecule is CC(C)(CCCl)NCc1ccccc1Br. The Hall–Kier alpha value is -0.0500. The van der Waals surface area contributed by atoms with Gasteiger partial charge >= 0.3 is 0 Å². The first kappa shape index (κ1) is 13.0. The van der Waals surface area contributed by atoms with Crippen LogP contribution in [0, 0.1) is 0 Å². The summed E-state index contributed by atoms with van der Waals surface area (Å²) in [4.78, 5) is 0. The summed E-state index contributed by atoms with van der Waals surface area (Å²) >= 11 is 9.29. The van der Waals surface area contributed by atoms with E-state index in [0.717, 1.165) is 17.4 Å². The first-order chi connectivity index (χ1) is 7.05. The van der Waals surface area contributed by atoms with Gasteiger partial charge in [0.15, 0.2) is 0 Å². The van der Waals surface area contributed by atoms with Crippen molar-refractivity contribution in [3.63, 3.8) is 0 Å². The summed E-state index contributed by atoms with van der Waals surface area (Å²) in [6, 6.07) is 8.26. The second kappa shape index (κ2) is 5.88. The van der Waals surface area contributed by atoms with Gasteiger partial charge in [0.25, 0.3) is 0 Å². The highest BCUT2D eigenvalue weighted by Gasteiger charge is 2.15. The van der Waals surface area contributed by atoms with Gasteiger partial charge in [0, 0.05) is 22.4 Å². The second-order valence-electron chi connectivity index (χ2n) is 4.27. The second-order valence-corrected chi connectivity index (χ2v) is 5.50. The van der Waals surface area contributed by atoms with Crippen molar-refractivity contribution in [2.75, 3.05) is 5.88 Å². The molecule has 0 atom stereocenters. The minimum atomic E-state index is 0.0943. The molecule has 1 N–H and O–H groups in total. The van der Waals surface area contributed by atoms with Crippen LogP contribution in [0.5, 0.6) is 0 Å². The zero-order chi connectivity index (χ0) is 11.3. The molecule has 0 amide bonds. The van der Waals surface area contributed by atoms with Crippen molar-refractivity contribution in [2.24, 2.45) is 0 Å². The summed E-state index contributed by atoms with van der Waals surface area (Å²) in [5, 5.41) is 3.50. The standard InChI is InChI=1S/C12H17BrClN/c1-12(2,7-8-14)15-9-10-5-3-4-6-11(10)13/h3-6,15H,7-9H2,1-2H3. The molecule has 3 heteroatoms. The molecular weight excluding hydrogens is 273 g/mol. The highest BCUT2D eigenvalue weighted by molar-refractivity contribution is 9.10. The monoisotopic (exact) mass is 289 g/mol. The van der Waals surface area contributed by atoms with Crippen LogP contribution in [0.2, 0.25) is 0 Å². The maximum Gasteiger partial charge on any atom is 0.0240 e. The quantitative estimate of drug-likeness (QED) is 0.810. The van der Waals surface area contributed by atoms with Crippen molar-refractivity contribution >= 4 is 27.5 Å². The number of hydrogen-bond acceptors (Lipinski definition) is 1. The smallest absolute Gasteiger partial charge is 0.0240 e. The van der Waals surface area contributed by atoms with Gasteiger partial charge in [0.05, 0.1) is 0 Å². The third-order valence-corrected chi connectivity index (χ3v) is 3.40. The van der Waals surface area contributed by atoms with Crippen LogP contribution in [0.15, 0.2) is 28.7 Å². The predicted molar refractivity (Wildman–Crippen MR) is 70.4 cm³/mol. The fraction of sp³-hybridized carbons (Fsp3) is 0.500. The topological polar surface area (TPSA) is 12.0 Å². The summed E-state index contributed by atoms with van der Waals surface area (Å²) in [5.41, 5.74) is 1.37. The molecule has 0 saturated heterocycles. The molecule has 1 aromatic rings. The summed E-state index contributed by atoms with van der Waals surface area (Å²) in [6.45, 7) is 5.21. The Balaban J connectivity index is 2.53. The molecule has 0 spiro atoms. The van der Waals surface area contributed by atoms with Gasteiger partial charge < -0.3 is 5.32 Å². The fourth-order valence-electron chi connectivity index (χ4n) is 1.30. The zero-order valence-electron chi connectivity index (χ0n) is 9.19. The zero-order valence-corrected chi connectivity index (χ0v) is 11.5. The van der Waals surface area contributed by atoms with Crippen LogP contribution in [-0.4, -0.2) is 11.4 Å². The highest BCUT2D eigenvalue weighted by Crippen LogP contribution is 2.17. The number of benzene rings is 1. The molecule has 1 aromatic carbocycles. The van der Waals surface area contributed by atoms with Crippen molar-refractivity contribution in [3.8, 4) is 0 Å². The first-order valence-electron chi connectivity index (χ1n) is 5.09. The molecular formula is C12H17BrClN. The van der Waals surface area contributed by atoms with E-state index >= 15 is 0 Å². The Kier molecular flexibility index (Phi) is 5.10. The Labute approximate surface area is 105 Å². The van der Waals surface area contributed by atoms with Crippen LogP contribution in [0.3, 0.4) is 0 Å². The molecule has 0 fully saturated rings. The Bertz CT molecular complexity index is 312. The van der Waals surface area contributed by atoms with Crippen LogP contribution in [0.4, 0.5) is 0 Å². The molecule has 1 nitrogen and oxygen atoms in total. The van der Waals surface area contributed by atoms with E-state index in [1.807, 2.05) is 6.07 Å². The minimum Gasteiger partial charge on any atom is -0.308 e. The van der Waals surface area contributed by atoms with E-state index in [1.165, 1.54) is 5.56 Å². The van der Waals surface area contributed by atoms with Gasteiger partial charge in [0.1, 0.15) is 0 Å². The molecule has 0 unspecified atom stereocenters. The molecule has 1 rings (SSSR count). The normalized spacial score (nSPS) is 11.7. The van der Waals surface area contributed by atoms with Gasteiger partial charge in [-0.05, 0) is 31.9 Å². The number of halogens is 2. The van der Waals surface area contributed by atoms with Gasteiger partial charge in [0.2, 0.25) is 0 Å². The van der Waals surface area contributed by atoms with Crippen molar-refractivity contribution < 1.29 is 0 Å². The Morgan fingerprint density at radius 2 is 2.00 bits per heavy atom. The van der Waals surface area contributed by atoms with E-state index in [4.69, 9.17) is 11.6 Å². The van der Waals surface area contributed by atoms with Crippen molar-refractivity contribution in [1.29, 1.82) is 0 Å². The predicted octanol–water partition coefficient (Wildman–Crippen LogP) is 3.95. The number of hydrogen-bond donors (Lipinski definition) is 1. The van der Waals surface area contributed by atoms with Gasteiger partial charge in [-0.1, -0.05) is 34.1 Å². The van der Waals surface area contributed by atoms with E-state index < -0.39 is 0 Å². The molecule has 0 heterocycles. The molecule has 0 aromatic heterocycles. The molecule has 15 heavy (non-hydrogen) atoms. The summed E-state index contributed by atoms with van der Waals surface area (Å²) in [6.07, 6.45) is 0.971. The van der Waals surface area contributed by atoms with Crippen LogP contribution in [-0.2, 0) is 6.54 Å². The third-order valence-electron chi connectivity index (χ3n) is 2.43. The van der Waals surface area contributed by atoms with Gasteiger partial charge in [-0.25, -0.2) is 0 Å². The maximum atomic E-state index is 5.75. The number of alkyl halides is 1. The summed E-state index contributed by atoms with van der Waals surface area (Å²) < 4.78 is 1.15. The Morgan fingerprint density at radius 3 is 2.60 bits per heavy atom. The van der Waals surface area contributed by atoms with Crippen LogP contribution in [0.1, 0.15) is 25.8 Å². The fourth-order valence-corrected chi connectivity index (χ4v) is 2.20. The van der Waals surface area contributed by atoms with Gasteiger partial charge in [-0.2, -0.15) is 0 Å². The lowest BCUT2D eigenvalue weighted by atomic mass is 10.0. The molecule has 84 valence electrons.